The van der Waals surface area contributed by atoms with Gasteiger partial charge < -0.3 is 39.8 Å². The number of ether oxygens (including phenoxy) is 4. The van der Waals surface area contributed by atoms with E-state index in [9.17, 15) is 29.4 Å². The monoisotopic (exact) mass is 765 g/mol. The second-order valence-electron chi connectivity index (χ2n) is 16.6. The molecule has 0 unspecified atom stereocenters. The van der Waals surface area contributed by atoms with Gasteiger partial charge in [0.05, 0.1) is 23.8 Å². The van der Waals surface area contributed by atoms with Crippen LogP contribution in [0.15, 0.2) is 42.6 Å². The number of benzene rings is 1. The van der Waals surface area contributed by atoms with E-state index in [1.807, 2.05) is 63.3 Å². The summed E-state index contributed by atoms with van der Waals surface area (Å²) in [5, 5.41) is 30.1. The maximum atomic E-state index is 14.5. The Morgan fingerprint density at radius 1 is 1.07 bits per heavy atom. The lowest BCUT2D eigenvalue weighted by atomic mass is 9.66. The lowest BCUT2D eigenvalue weighted by Crippen LogP contribution is -2.60. The van der Waals surface area contributed by atoms with Gasteiger partial charge in [-0.05, 0) is 83.0 Å². The van der Waals surface area contributed by atoms with Crippen LogP contribution in [0.1, 0.15) is 93.1 Å². The minimum atomic E-state index is -2.63. The molecule has 4 heterocycles. The number of aromatic nitrogens is 1. The first-order chi connectivity index (χ1) is 25.9. The first kappa shape index (κ1) is 42.4. The van der Waals surface area contributed by atoms with Gasteiger partial charge in [-0.1, -0.05) is 65.0 Å². The summed E-state index contributed by atoms with van der Waals surface area (Å²) in [6.45, 7) is 13.3. The minimum Gasteiger partial charge on any atom is -0.456 e. The fourth-order valence-corrected chi connectivity index (χ4v) is 9.05. The molecule has 13 heteroatoms. The van der Waals surface area contributed by atoms with E-state index in [2.05, 4.69) is 15.6 Å². The smallest absolute Gasteiger partial charge is 0.408 e. The molecule has 3 fully saturated rings. The number of hydrogen-bond acceptors (Lipinski definition) is 12. The van der Waals surface area contributed by atoms with Crippen LogP contribution in [0.25, 0.3) is 17.0 Å². The topological polar surface area (TPSA) is 183 Å². The summed E-state index contributed by atoms with van der Waals surface area (Å²) in [5.41, 5.74) is -3.31. The van der Waals surface area contributed by atoms with Crippen LogP contribution in [0, 0.1) is 23.2 Å². The van der Waals surface area contributed by atoms with E-state index in [1.165, 1.54) is 0 Å². The number of hydrogen-bond donors (Lipinski definition) is 4. The molecule has 0 saturated carbocycles. The Bertz CT molecular complexity index is 1770. The average molecular weight is 766 g/mol. The molecule has 0 spiro atoms. The van der Waals surface area contributed by atoms with Gasteiger partial charge in [0.25, 0.3) is 0 Å². The van der Waals surface area contributed by atoms with Gasteiger partial charge in [0.1, 0.15) is 18.0 Å². The van der Waals surface area contributed by atoms with Gasteiger partial charge in [-0.3, -0.25) is 14.6 Å². The number of Topliss-reactive ketones (excluding diaryl/α,β-unsaturated/α-hetero) is 2. The Balaban J connectivity index is 1.58. The first-order valence-electron chi connectivity index (χ1n) is 19.5. The second-order valence-corrected chi connectivity index (χ2v) is 16.6. The lowest BCUT2D eigenvalue weighted by molar-refractivity contribution is -0.281. The van der Waals surface area contributed by atoms with Crippen molar-refractivity contribution in [1.82, 2.24) is 15.6 Å². The summed E-state index contributed by atoms with van der Waals surface area (Å²) in [5.74, 6) is -4.78. The molecule has 0 radical (unpaired) electrons. The standard InChI is InChI=1S/C42H59N3O10/c1-10-31-42(8)34(45-39(50)55-42)25(4)32(46)23(2)21-40(6,18-14-13-15-27-20-28-16-11-12-17-29(28)44-22-27)36(26(5)35(48)41(7,51)38(49)53-31)54-37-33(47)30(43-9)19-24(3)52-37/h11-13,15-17,20,22-26,30-31,33-34,36-37,43,47,51H,10,14,18-19,21H2,1-9H3,(H,45,50)/b15-13+/t23-,24-,25-,26+,30+,31+,33-,34-,36-,37+,40+,41+,42-/m1/s1. The number of fused-ring (bicyclic) bond motifs is 2. The quantitative estimate of drug-likeness (QED) is 0.211. The number of nitrogens with one attached hydrogen (secondary N) is 2. The number of esters is 1. The summed E-state index contributed by atoms with van der Waals surface area (Å²) in [6, 6.07) is 8.63. The van der Waals surface area contributed by atoms with Crippen LogP contribution < -0.4 is 10.6 Å². The third-order valence-corrected chi connectivity index (χ3v) is 12.2. The number of para-hydroxylation sites is 1. The number of likely N-dealkylation sites (N-methyl/N-ethyl adjacent to an activating group) is 1. The van der Waals surface area contributed by atoms with Crippen molar-refractivity contribution in [3.05, 3.63) is 48.2 Å². The van der Waals surface area contributed by atoms with Crippen LogP contribution in [0.3, 0.4) is 0 Å². The van der Waals surface area contributed by atoms with Crippen LogP contribution in [0.4, 0.5) is 4.79 Å². The average Bonchev–Trinajstić information content (AvgIpc) is 3.47. The van der Waals surface area contributed by atoms with Gasteiger partial charge >= 0.3 is 12.1 Å². The summed E-state index contributed by atoms with van der Waals surface area (Å²) in [7, 11) is 1.74. The number of aliphatic hydroxyl groups is 2. The van der Waals surface area contributed by atoms with Gasteiger partial charge in [-0.25, -0.2) is 9.59 Å². The van der Waals surface area contributed by atoms with E-state index in [0.29, 0.717) is 19.3 Å². The lowest BCUT2D eigenvalue weighted by Gasteiger charge is -2.47. The molecule has 55 heavy (non-hydrogen) atoms. The predicted molar refractivity (Wildman–Crippen MR) is 206 cm³/mol. The largest absolute Gasteiger partial charge is 0.456 e. The maximum absolute atomic E-state index is 14.5. The third kappa shape index (κ3) is 8.66. The van der Waals surface area contributed by atoms with Crippen molar-refractivity contribution >= 4 is 40.6 Å². The Labute approximate surface area is 323 Å². The van der Waals surface area contributed by atoms with Gasteiger partial charge in [-0.2, -0.15) is 0 Å². The maximum Gasteiger partial charge on any atom is 0.408 e. The molecular weight excluding hydrogens is 706 g/mol. The van der Waals surface area contributed by atoms with E-state index >= 15 is 0 Å². The highest BCUT2D eigenvalue weighted by Gasteiger charge is 2.58. The highest BCUT2D eigenvalue weighted by Crippen LogP contribution is 2.45. The van der Waals surface area contributed by atoms with Crippen LogP contribution in [0.5, 0.6) is 0 Å². The first-order valence-corrected chi connectivity index (χ1v) is 19.5. The molecule has 3 aliphatic heterocycles. The summed E-state index contributed by atoms with van der Waals surface area (Å²) < 4.78 is 24.4. The van der Waals surface area contributed by atoms with E-state index in [1.54, 1.807) is 40.9 Å². The van der Waals surface area contributed by atoms with Crippen molar-refractivity contribution in [3.8, 4) is 0 Å². The van der Waals surface area contributed by atoms with Gasteiger partial charge in [0.2, 0.25) is 5.60 Å². The van der Waals surface area contributed by atoms with E-state index in [-0.39, 0.29) is 30.8 Å². The number of amides is 1. The number of aliphatic hydroxyl groups excluding tert-OH is 1. The molecule has 2 aromatic rings. The molecule has 1 aromatic heterocycles. The van der Waals surface area contributed by atoms with Crippen molar-refractivity contribution in [2.75, 3.05) is 7.05 Å². The molecule has 3 saturated heterocycles. The number of cyclic esters (lactones) is 1. The second kappa shape index (κ2) is 16.8. The SMILES string of the molecule is CC[C@@H]1OC(=O)[C@@](C)(O)C(=O)[C@H](C)[C@@H](O[C@@H]2O[C@H](C)C[C@H](NC)[C@H]2O)[C@@](C)(CC/C=C/c2cnc3ccccc3c2)C[C@@H](C)C(=O)[C@@H](C)[C@H]2NC(=O)O[C@]12C. The molecule has 13 nitrogen and oxygen atoms in total. The van der Waals surface area contributed by atoms with Crippen molar-refractivity contribution < 1.29 is 48.3 Å². The van der Waals surface area contributed by atoms with Crippen molar-refractivity contribution in [3.63, 3.8) is 0 Å². The minimum absolute atomic E-state index is 0.160. The highest BCUT2D eigenvalue weighted by molar-refractivity contribution is 6.07. The molecule has 13 atom stereocenters. The summed E-state index contributed by atoms with van der Waals surface area (Å²) in [6.07, 6.45) is 2.05. The molecule has 1 aromatic carbocycles. The van der Waals surface area contributed by atoms with E-state index < -0.39 is 82.9 Å². The Morgan fingerprint density at radius 2 is 1.78 bits per heavy atom. The number of nitrogens with zero attached hydrogens (tertiary/aromatic N) is 1. The van der Waals surface area contributed by atoms with Gasteiger partial charge in [0, 0.05) is 35.4 Å². The van der Waals surface area contributed by atoms with Gasteiger partial charge in [-0.15, -0.1) is 0 Å². The number of alkyl carbamates (subject to hydrolysis) is 1. The molecule has 4 N–H and O–H groups in total. The summed E-state index contributed by atoms with van der Waals surface area (Å²) >= 11 is 0. The third-order valence-electron chi connectivity index (χ3n) is 12.2. The Hall–Kier alpha value is -3.75. The van der Waals surface area contributed by atoms with E-state index in [0.717, 1.165) is 23.4 Å². The summed E-state index contributed by atoms with van der Waals surface area (Å²) in [4.78, 5) is 60.1. The Kier molecular flexibility index (Phi) is 12.9. The number of rotatable bonds is 8. The number of ketones is 2. The molecule has 0 bridgehead atoms. The molecule has 3 aliphatic rings. The van der Waals surface area contributed by atoms with Crippen LogP contribution in [-0.4, -0.2) is 99.9 Å². The highest BCUT2D eigenvalue weighted by atomic mass is 16.7. The Morgan fingerprint density at radius 3 is 2.47 bits per heavy atom. The van der Waals surface area contributed by atoms with Crippen LogP contribution in [0.2, 0.25) is 0 Å². The number of carbonyl (C=O) groups is 4. The number of allylic oxidation sites excluding steroid dienone is 1. The van der Waals surface area contributed by atoms with E-state index in [4.69, 9.17) is 18.9 Å². The zero-order chi connectivity index (χ0) is 40.5. The number of pyridine rings is 1. The molecule has 0 aliphatic carbocycles. The van der Waals surface area contributed by atoms with Crippen molar-refractivity contribution in [2.24, 2.45) is 23.2 Å². The fourth-order valence-electron chi connectivity index (χ4n) is 9.05. The van der Waals surface area contributed by atoms with Crippen molar-refractivity contribution in [2.45, 2.75) is 141 Å². The fraction of sp³-hybridized carbons (Fsp3) is 0.643. The van der Waals surface area contributed by atoms with Gasteiger partial charge in [0.15, 0.2) is 17.7 Å². The van der Waals surface area contributed by atoms with Crippen molar-refractivity contribution in [1.29, 1.82) is 0 Å². The van der Waals surface area contributed by atoms with Crippen LogP contribution in [-0.2, 0) is 33.3 Å². The number of carbonyl (C=O) groups excluding carboxylic acids is 4. The zero-order valence-corrected chi connectivity index (χ0v) is 33.5. The molecule has 302 valence electrons. The zero-order valence-electron chi connectivity index (χ0n) is 33.5. The van der Waals surface area contributed by atoms with Crippen LogP contribution >= 0.6 is 0 Å². The normalized spacial score (nSPS) is 39.3. The molecule has 5 rings (SSSR count). The predicted octanol–water partition coefficient (Wildman–Crippen LogP) is 4.89. The molecular formula is C42H59N3O10. The molecule has 1 amide bonds.